The topological polar surface area (TPSA) is 38.3 Å². The Hall–Kier alpha value is -1.02. The van der Waals surface area contributed by atoms with E-state index < -0.39 is 5.54 Å². The predicted molar refractivity (Wildman–Crippen MR) is 94.7 cm³/mol. The molecule has 1 unspecified atom stereocenters. The number of benzene rings is 1. The molecule has 0 bridgehead atoms. The van der Waals surface area contributed by atoms with E-state index in [1.807, 2.05) is 20.8 Å². The number of hydrogen-bond acceptors (Lipinski definition) is 3. The average Bonchev–Trinajstić information content (AvgIpc) is 2.34. The Balaban J connectivity index is 2.47. The van der Waals surface area contributed by atoms with Crippen LogP contribution < -0.4 is 10.1 Å². The van der Waals surface area contributed by atoms with Crippen LogP contribution in [0.25, 0.3) is 0 Å². The molecule has 0 aliphatic rings. The summed E-state index contributed by atoms with van der Waals surface area (Å²) in [6.45, 7) is 7.33. The van der Waals surface area contributed by atoms with Gasteiger partial charge in [0.2, 0.25) is 5.91 Å². The number of hydrogen-bond donors (Lipinski definition) is 1. The van der Waals surface area contributed by atoms with Gasteiger partial charge < -0.3 is 10.1 Å². The van der Waals surface area contributed by atoms with Crippen molar-refractivity contribution < 1.29 is 9.53 Å². The molecule has 22 heavy (non-hydrogen) atoms. The number of carbonyl (C=O) groups is 1. The minimum absolute atomic E-state index is 0.0858. The van der Waals surface area contributed by atoms with E-state index >= 15 is 0 Å². The Morgan fingerprint density at radius 1 is 1.36 bits per heavy atom. The van der Waals surface area contributed by atoms with E-state index in [1.165, 1.54) is 11.8 Å². The van der Waals surface area contributed by atoms with E-state index in [9.17, 15) is 4.79 Å². The maximum atomic E-state index is 11.9. The van der Waals surface area contributed by atoms with Gasteiger partial charge in [0.25, 0.3) is 0 Å². The van der Waals surface area contributed by atoms with Crippen LogP contribution in [0.5, 0.6) is 5.75 Å². The minimum Gasteiger partial charge on any atom is -0.480 e. The summed E-state index contributed by atoms with van der Waals surface area (Å²) in [5.74, 6) is 6.52. The Morgan fingerprint density at radius 2 is 1.95 bits per heavy atom. The molecule has 0 saturated carbocycles. The summed E-state index contributed by atoms with van der Waals surface area (Å²) >= 11 is 13.2. The van der Waals surface area contributed by atoms with E-state index in [-0.39, 0.29) is 17.1 Å². The Labute approximate surface area is 146 Å². The van der Waals surface area contributed by atoms with Crippen LogP contribution in [0, 0.1) is 11.8 Å². The quantitative estimate of drug-likeness (QED) is 0.605. The van der Waals surface area contributed by atoms with Crippen LogP contribution in [0.3, 0.4) is 0 Å². The molecule has 0 saturated heterocycles. The highest BCUT2D eigenvalue weighted by molar-refractivity contribution is 8.00. The number of nitrogens with one attached hydrogen (secondary N) is 1. The predicted octanol–water partition coefficient (Wildman–Crippen LogP) is 4.37. The van der Waals surface area contributed by atoms with Gasteiger partial charge in [-0.05, 0) is 45.9 Å². The molecule has 1 aromatic carbocycles. The van der Waals surface area contributed by atoms with Gasteiger partial charge in [-0.1, -0.05) is 29.1 Å². The third-order valence-corrected chi connectivity index (χ3v) is 3.91. The highest BCUT2D eigenvalue weighted by Gasteiger charge is 2.18. The number of thioether (sulfide) groups is 1. The summed E-state index contributed by atoms with van der Waals surface area (Å²) in [6, 6.07) is 5.01. The lowest BCUT2D eigenvalue weighted by Gasteiger charge is -2.20. The number of ether oxygens (including phenoxy) is 1. The molecular formula is C16H19Cl2NO2S. The molecule has 0 heterocycles. The van der Waals surface area contributed by atoms with Gasteiger partial charge in [-0.2, -0.15) is 0 Å². The third kappa shape index (κ3) is 7.31. The molecule has 3 nitrogen and oxygen atoms in total. The van der Waals surface area contributed by atoms with Gasteiger partial charge in [0.05, 0.1) is 11.3 Å². The number of amides is 1. The van der Waals surface area contributed by atoms with Crippen LogP contribution in [-0.4, -0.2) is 22.6 Å². The smallest absolute Gasteiger partial charge is 0.231 e. The van der Waals surface area contributed by atoms with Crippen LogP contribution in [-0.2, 0) is 4.79 Å². The maximum Gasteiger partial charge on any atom is 0.231 e. The molecule has 1 N–H and O–H groups in total. The number of rotatable bonds is 6. The molecule has 1 aromatic rings. The first kappa shape index (κ1) is 19.0. The zero-order valence-corrected chi connectivity index (χ0v) is 15.3. The molecule has 0 aliphatic heterocycles. The highest BCUT2D eigenvalue weighted by Crippen LogP contribution is 2.26. The summed E-state index contributed by atoms with van der Waals surface area (Å²) < 4.78 is 5.69. The second-order valence-corrected chi connectivity index (χ2v) is 7.31. The normalized spacial score (nSPS) is 12.1. The zero-order chi connectivity index (χ0) is 16.8. The standard InChI is InChI=1S/C16H19Cl2NO2S/c1-5-6-16(3,4)19-15(20)10-22-11(2)21-14-8-12(17)7-13(18)9-14/h7-9,11H,10H2,1-4H3,(H,19,20). The van der Waals surface area contributed by atoms with Crippen molar-refractivity contribution in [2.45, 2.75) is 38.7 Å². The molecule has 1 atom stereocenters. The summed E-state index contributed by atoms with van der Waals surface area (Å²) in [7, 11) is 0. The molecule has 1 amide bonds. The molecule has 6 heteroatoms. The van der Waals surface area contributed by atoms with Gasteiger partial charge >= 0.3 is 0 Å². The minimum atomic E-state index is -0.531. The molecule has 0 spiro atoms. The fourth-order valence-corrected chi connectivity index (χ4v) is 2.89. The maximum absolute atomic E-state index is 11.9. The molecule has 1 rings (SSSR count). The fourth-order valence-electron chi connectivity index (χ4n) is 1.74. The van der Waals surface area contributed by atoms with E-state index in [2.05, 4.69) is 17.2 Å². The van der Waals surface area contributed by atoms with Crippen molar-refractivity contribution >= 4 is 40.9 Å². The summed E-state index contributed by atoms with van der Waals surface area (Å²) in [6.07, 6.45) is 0. The van der Waals surface area contributed by atoms with Gasteiger partial charge in [0, 0.05) is 10.0 Å². The van der Waals surface area contributed by atoms with Crippen LogP contribution in [0.15, 0.2) is 18.2 Å². The summed E-state index contributed by atoms with van der Waals surface area (Å²) in [5, 5.41) is 3.89. The van der Waals surface area contributed by atoms with Crippen molar-refractivity contribution in [1.29, 1.82) is 0 Å². The highest BCUT2D eigenvalue weighted by atomic mass is 35.5. The molecule has 0 radical (unpaired) electrons. The molecule has 120 valence electrons. The van der Waals surface area contributed by atoms with Gasteiger partial charge in [-0.25, -0.2) is 0 Å². The Morgan fingerprint density at radius 3 is 2.50 bits per heavy atom. The van der Waals surface area contributed by atoms with E-state index in [4.69, 9.17) is 27.9 Å². The third-order valence-electron chi connectivity index (χ3n) is 2.48. The first-order valence-corrected chi connectivity index (χ1v) is 8.51. The lowest BCUT2D eigenvalue weighted by molar-refractivity contribution is -0.119. The zero-order valence-electron chi connectivity index (χ0n) is 13.0. The number of halogens is 2. The fraction of sp³-hybridized carbons (Fsp3) is 0.438. The molecular weight excluding hydrogens is 341 g/mol. The van der Waals surface area contributed by atoms with Gasteiger partial charge in [-0.3, -0.25) is 4.79 Å². The molecule has 0 aromatic heterocycles. The number of carbonyl (C=O) groups excluding carboxylic acids is 1. The first-order valence-electron chi connectivity index (χ1n) is 6.71. The van der Waals surface area contributed by atoms with Crippen molar-refractivity contribution in [2.75, 3.05) is 5.75 Å². The van der Waals surface area contributed by atoms with Crippen LogP contribution in [0.4, 0.5) is 0 Å². The van der Waals surface area contributed by atoms with Crippen molar-refractivity contribution in [3.8, 4) is 17.6 Å². The second-order valence-electron chi connectivity index (χ2n) is 5.15. The molecule has 0 aliphatic carbocycles. The van der Waals surface area contributed by atoms with E-state index in [0.717, 1.165) is 0 Å². The van der Waals surface area contributed by atoms with Gasteiger partial charge in [-0.15, -0.1) is 17.7 Å². The van der Waals surface area contributed by atoms with Crippen LogP contribution in [0.1, 0.15) is 27.7 Å². The van der Waals surface area contributed by atoms with Crippen molar-refractivity contribution in [1.82, 2.24) is 5.32 Å². The monoisotopic (exact) mass is 359 g/mol. The van der Waals surface area contributed by atoms with Crippen LogP contribution >= 0.6 is 35.0 Å². The average molecular weight is 360 g/mol. The van der Waals surface area contributed by atoms with E-state index in [1.54, 1.807) is 25.1 Å². The van der Waals surface area contributed by atoms with Crippen molar-refractivity contribution in [2.24, 2.45) is 0 Å². The summed E-state index contributed by atoms with van der Waals surface area (Å²) in [5.41, 5.74) is -0.739. The van der Waals surface area contributed by atoms with Gasteiger partial charge in [0.1, 0.15) is 11.2 Å². The van der Waals surface area contributed by atoms with Crippen molar-refractivity contribution in [3.05, 3.63) is 28.2 Å². The van der Waals surface area contributed by atoms with E-state index in [0.29, 0.717) is 15.8 Å². The Bertz CT molecular complexity index is 573. The van der Waals surface area contributed by atoms with Crippen LogP contribution in [0.2, 0.25) is 10.0 Å². The SMILES string of the molecule is CC#CC(C)(C)NC(=O)CSC(C)Oc1cc(Cl)cc(Cl)c1. The lowest BCUT2D eigenvalue weighted by Crippen LogP contribution is -2.43. The first-order chi connectivity index (χ1) is 10.2. The van der Waals surface area contributed by atoms with Crippen molar-refractivity contribution in [3.63, 3.8) is 0 Å². The second kappa shape index (κ2) is 8.57. The molecule has 0 fully saturated rings. The van der Waals surface area contributed by atoms with Gasteiger partial charge in [0.15, 0.2) is 0 Å². The lowest BCUT2D eigenvalue weighted by atomic mass is 10.1. The summed E-state index contributed by atoms with van der Waals surface area (Å²) in [4.78, 5) is 11.9. The Kier molecular flexibility index (Phi) is 7.41. The largest absolute Gasteiger partial charge is 0.480 e.